The molecule has 0 unspecified atom stereocenters. The number of carbonyl (C=O) groups is 1. The van der Waals surface area contributed by atoms with Crippen molar-refractivity contribution >= 4 is 17.4 Å². The van der Waals surface area contributed by atoms with Crippen LogP contribution in [-0.4, -0.2) is 33.9 Å². The summed E-state index contributed by atoms with van der Waals surface area (Å²) in [6, 6.07) is 20.4. The van der Waals surface area contributed by atoms with Crippen LogP contribution in [0.3, 0.4) is 0 Å². The Hall–Kier alpha value is -3.72. The van der Waals surface area contributed by atoms with Crippen LogP contribution < -0.4 is 5.32 Å². The molecule has 0 saturated carbocycles. The molecule has 0 aliphatic heterocycles. The number of aromatic nitrogens is 2. The molecule has 0 aliphatic carbocycles. The number of hydrogen-bond donors (Lipinski definition) is 1. The Morgan fingerprint density at radius 3 is 2.39 bits per heavy atom. The maximum absolute atomic E-state index is 12.9. The van der Waals surface area contributed by atoms with E-state index in [-0.39, 0.29) is 5.91 Å². The van der Waals surface area contributed by atoms with E-state index in [1.165, 1.54) is 0 Å². The van der Waals surface area contributed by atoms with Gasteiger partial charge in [-0.05, 0) is 26.0 Å². The fraction of sp³-hybridized carbons (Fsp3) is 0.182. The van der Waals surface area contributed by atoms with Gasteiger partial charge in [-0.3, -0.25) is 4.79 Å². The van der Waals surface area contributed by atoms with Gasteiger partial charge in [-0.15, -0.1) is 0 Å². The van der Waals surface area contributed by atoms with Crippen LogP contribution in [0.4, 0.5) is 11.5 Å². The molecule has 1 aromatic heterocycles. The minimum atomic E-state index is -0.152. The largest absolute Gasteiger partial charge is 0.339 e. The van der Waals surface area contributed by atoms with Crippen molar-refractivity contribution < 1.29 is 4.79 Å². The van der Waals surface area contributed by atoms with Crippen LogP contribution in [0.2, 0.25) is 0 Å². The van der Waals surface area contributed by atoms with Crippen molar-refractivity contribution in [3.05, 3.63) is 71.9 Å². The van der Waals surface area contributed by atoms with E-state index in [1.807, 2.05) is 50.2 Å². The number of nitrogens with one attached hydrogen (secondary N) is 1. The lowest BCUT2D eigenvalue weighted by atomic mass is 10.2. The minimum absolute atomic E-state index is 0.152. The number of nitriles is 1. The van der Waals surface area contributed by atoms with E-state index >= 15 is 0 Å². The molecule has 1 N–H and O–H groups in total. The lowest BCUT2D eigenvalue weighted by Gasteiger charge is -2.19. The third kappa shape index (κ3) is 4.15. The van der Waals surface area contributed by atoms with Crippen LogP contribution in [0.5, 0.6) is 0 Å². The third-order valence-electron chi connectivity index (χ3n) is 4.34. The second kappa shape index (κ2) is 8.78. The van der Waals surface area contributed by atoms with E-state index < -0.39 is 0 Å². The van der Waals surface area contributed by atoms with Gasteiger partial charge in [0.2, 0.25) is 0 Å². The van der Waals surface area contributed by atoms with Crippen LogP contribution in [0.15, 0.2) is 60.7 Å². The SMILES string of the molecule is CCN(CC)C(=O)c1cc(Nc2ccccc2C#N)nc(-c2ccccc2)n1. The second-order valence-corrected chi connectivity index (χ2v) is 6.09. The standard InChI is InChI=1S/C22H21N5O/c1-3-27(4-2)22(28)19-14-20(24-18-13-9-8-12-17(18)15-23)26-21(25-19)16-10-6-5-7-11-16/h5-14H,3-4H2,1-2H3,(H,24,25,26). The molecule has 3 aromatic rings. The number of amides is 1. The molecule has 28 heavy (non-hydrogen) atoms. The number of carbonyl (C=O) groups excluding carboxylic acids is 1. The first kappa shape index (κ1) is 19.1. The average Bonchev–Trinajstić information content (AvgIpc) is 2.75. The summed E-state index contributed by atoms with van der Waals surface area (Å²) in [5, 5.41) is 12.5. The summed E-state index contributed by atoms with van der Waals surface area (Å²) >= 11 is 0. The van der Waals surface area contributed by atoms with Crippen LogP contribution in [0, 0.1) is 11.3 Å². The summed E-state index contributed by atoms with van der Waals surface area (Å²) in [5.74, 6) is 0.767. The highest BCUT2D eigenvalue weighted by atomic mass is 16.2. The van der Waals surface area contributed by atoms with Crippen LogP contribution in [0.25, 0.3) is 11.4 Å². The molecule has 2 aromatic carbocycles. The van der Waals surface area contributed by atoms with Crippen molar-refractivity contribution in [3.63, 3.8) is 0 Å². The fourth-order valence-electron chi connectivity index (χ4n) is 2.84. The average molecular weight is 371 g/mol. The maximum atomic E-state index is 12.9. The lowest BCUT2D eigenvalue weighted by Crippen LogP contribution is -2.31. The van der Waals surface area contributed by atoms with Crippen molar-refractivity contribution in [1.82, 2.24) is 14.9 Å². The second-order valence-electron chi connectivity index (χ2n) is 6.09. The van der Waals surface area contributed by atoms with Crippen molar-refractivity contribution in [2.75, 3.05) is 18.4 Å². The van der Waals surface area contributed by atoms with Gasteiger partial charge >= 0.3 is 0 Å². The van der Waals surface area contributed by atoms with E-state index in [1.54, 1.807) is 29.2 Å². The molecular formula is C22H21N5O. The fourth-order valence-corrected chi connectivity index (χ4v) is 2.84. The van der Waals surface area contributed by atoms with E-state index in [2.05, 4.69) is 21.4 Å². The Kier molecular flexibility index (Phi) is 5.97. The van der Waals surface area contributed by atoms with Crippen molar-refractivity contribution in [2.45, 2.75) is 13.8 Å². The number of hydrogen-bond acceptors (Lipinski definition) is 5. The summed E-state index contributed by atoms with van der Waals surface area (Å²) in [6.07, 6.45) is 0. The van der Waals surface area contributed by atoms with Gasteiger partial charge in [0.05, 0.1) is 11.3 Å². The van der Waals surface area contributed by atoms with Gasteiger partial charge in [-0.2, -0.15) is 5.26 Å². The molecule has 0 radical (unpaired) electrons. The number of rotatable bonds is 6. The molecule has 0 atom stereocenters. The minimum Gasteiger partial charge on any atom is -0.339 e. The van der Waals surface area contributed by atoms with Gasteiger partial charge in [-0.1, -0.05) is 42.5 Å². The van der Waals surface area contributed by atoms with Gasteiger partial charge in [0.25, 0.3) is 5.91 Å². The quantitative estimate of drug-likeness (QED) is 0.701. The first-order valence-corrected chi connectivity index (χ1v) is 9.16. The third-order valence-corrected chi connectivity index (χ3v) is 4.34. The van der Waals surface area contributed by atoms with Gasteiger partial charge < -0.3 is 10.2 Å². The zero-order valence-corrected chi connectivity index (χ0v) is 15.9. The first-order valence-electron chi connectivity index (χ1n) is 9.16. The predicted molar refractivity (Wildman–Crippen MR) is 109 cm³/mol. The highest BCUT2D eigenvalue weighted by Crippen LogP contribution is 2.23. The normalized spacial score (nSPS) is 10.2. The summed E-state index contributed by atoms with van der Waals surface area (Å²) < 4.78 is 0. The summed E-state index contributed by atoms with van der Waals surface area (Å²) in [7, 11) is 0. The number of benzene rings is 2. The maximum Gasteiger partial charge on any atom is 0.272 e. The molecule has 0 fully saturated rings. The summed E-state index contributed by atoms with van der Waals surface area (Å²) in [4.78, 5) is 23.6. The molecule has 140 valence electrons. The van der Waals surface area contributed by atoms with Gasteiger partial charge in [0, 0.05) is 24.7 Å². The van der Waals surface area contributed by atoms with Crippen LogP contribution in [0.1, 0.15) is 29.9 Å². The lowest BCUT2D eigenvalue weighted by molar-refractivity contribution is 0.0767. The molecule has 0 spiro atoms. The number of nitrogens with zero attached hydrogens (tertiary/aromatic N) is 4. The first-order chi connectivity index (χ1) is 13.7. The Balaban J connectivity index is 2.07. The molecule has 0 bridgehead atoms. The number of anilines is 2. The Bertz CT molecular complexity index is 1010. The highest BCUT2D eigenvalue weighted by molar-refractivity contribution is 5.93. The number of para-hydroxylation sites is 1. The molecular weight excluding hydrogens is 350 g/mol. The van der Waals surface area contributed by atoms with Gasteiger partial charge in [0.1, 0.15) is 17.6 Å². The zero-order valence-electron chi connectivity index (χ0n) is 15.9. The van der Waals surface area contributed by atoms with Crippen molar-refractivity contribution in [2.24, 2.45) is 0 Å². The highest BCUT2D eigenvalue weighted by Gasteiger charge is 2.18. The molecule has 0 saturated heterocycles. The van der Waals surface area contributed by atoms with Gasteiger partial charge in [0.15, 0.2) is 5.82 Å². The predicted octanol–water partition coefficient (Wildman–Crippen LogP) is 4.24. The Morgan fingerprint density at radius 2 is 1.71 bits per heavy atom. The van der Waals surface area contributed by atoms with Crippen molar-refractivity contribution in [1.29, 1.82) is 5.26 Å². The smallest absolute Gasteiger partial charge is 0.272 e. The molecule has 1 amide bonds. The topological polar surface area (TPSA) is 81.9 Å². The van der Waals surface area contributed by atoms with E-state index in [0.29, 0.717) is 41.7 Å². The molecule has 6 heteroatoms. The Morgan fingerprint density at radius 1 is 1.04 bits per heavy atom. The molecule has 1 heterocycles. The monoisotopic (exact) mass is 371 g/mol. The molecule has 3 rings (SSSR count). The zero-order chi connectivity index (χ0) is 19.9. The van der Waals surface area contributed by atoms with E-state index in [4.69, 9.17) is 0 Å². The van der Waals surface area contributed by atoms with Crippen molar-refractivity contribution in [3.8, 4) is 17.5 Å². The Labute approximate surface area is 164 Å². The van der Waals surface area contributed by atoms with Crippen LogP contribution >= 0.6 is 0 Å². The van der Waals surface area contributed by atoms with E-state index in [9.17, 15) is 10.1 Å². The van der Waals surface area contributed by atoms with E-state index in [0.717, 1.165) is 5.56 Å². The van der Waals surface area contributed by atoms with Gasteiger partial charge in [-0.25, -0.2) is 9.97 Å². The molecule has 0 aliphatic rings. The van der Waals surface area contributed by atoms with Crippen LogP contribution in [-0.2, 0) is 0 Å². The summed E-state index contributed by atoms with van der Waals surface area (Å²) in [6.45, 7) is 5.06. The summed E-state index contributed by atoms with van der Waals surface area (Å²) in [5.41, 5.74) is 2.26. The molecule has 6 nitrogen and oxygen atoms in total.